The minimum atomic E-state index is 0.249. The molecule has 0 aliphatic heterocycles. The smallest absolute Gasteiger partial charge is 0.0725 e. The largest absolute Gasteiger partial charge is 0.396 e. The number of para-hydroxylation sites is 1. The zero-order chi connectivity index (χ0) is 13.0. The lowest BCUT2D eigenvalue weighted by atomic mass is 10.1. The second-order valence-electron chi connectivity index (χ2n) is 4.83. The SMILES string of the molecule is Cc1cc(NCC(C)CCO)c2ccccc2n1. The molecule has 3 nitrogen and oxygen atoms in total. The number of pyridine rings is 1. The van der Waals surface area contributed by atoms with Crippen LogP contribution in [0.1, 0.15) is 19.0 Å². The van der Waals surface area contributed by atoms with Crippen LogP contribution in [0.5, 0.6) is 0 Å². The van der Waals surface area contributed by atoms with E-state index in [4.69, 9.17) is 5.11 Å². The third kappa shape index (κ3) is 2.99. The highest BCUT2D eigenvalue weighted by atomic mass is 16.3. The topological polar surface area (TPSA) is 45.1 Å². The van der Waals surface area contributed by atoms with Crippen LogP contribution in [0.4, 0.5) is 5.69 Å². The van der Waals surface area contributed by atoms with Gasteiger partial charge in [-0.25, -0.2) is 0 Å². The van der Waals surface area contributed by atoms with Crippen molar-refractivity contribution in [1.29, 1.82) is 0 Å². The summed E-state index contributed by atoms with van der Waals surface area (Å²) < 4.78 is 0. The summed E-state index contributed by atoms with van der Waals surface area (Å²) in [6, 6.07) is 10.2. The number of aliphatic hydroxyl groups excluding tert-OH is 1. The van der Waals surface area contributed by atoms with Gasteiger partial charge in [0.15, 0.2) is 0 Å². The van der Waals surface area contributed by atoms with Crippen LogP contribution < -0.4 is 5.32 Å². The fraction of sp³-hybridized carbons (Fsp3) is 0.400. The van der Waals surface area contributed by atoms with Gasteiger partial charge in [0, 0.05) is 29.9 Å². The van der Waals surface area contributed by atoms with Crippen molar-refractivity contribution in [1.82, 2.24) is 4.98 Å². The summed E-state index contributed by atoms with van der Waals surface area (Å²) in [6.45, 7) is 5.27. The standard InChI is InChI=1S/C15H20N2O/c1-11(7-8-18)10-16-15-9-12(2)17-14-6-4-3-5-13(14)15/h3-6,9,11,18H,7-8,10H2,1-2H3,(H,16,17). The van der Waals surface area contributed by atoms with Gasteiger partial charge in [0.1, 0.15) is 0 Å². The molecule has 96 valence electrons. The fourth-order valence-electron chi connectivity index (χ4n) is 2.06. The Morgan fingerprint density at radius 1 is 1.33 bits per heavy atom. The van der Waals surface area contributed by atoms with Gasteiger partial charge in [0.25, 0.3) is 0 Å². The molecule has 2 aromatic rings. The Bertz CT molecular complexity index is 525. The van der Waals surface area contributed by atoms with Crippen molar-refractivity contribution in [2.45, 2.75) is 20.3 Å². The third-order valence-corrected chi connectivity index (χ3v) is 3.11. The first-order valence-electron chi connectivity index (χ1n) is 6.42. The molecule has 0 saturated heterocycles. The molecule has 1 unspecified atom stereocenters. The Labute approximate surface area is 108 Å². The zero-order valence-corrected chi connectivity index (χ0v) is 11.0. The van der Waals surface area contributed by atoms with Gasteiger partial charge in [-0.3, -0.25) is 4.98 Å². The van der Waals surface area contributed by atoms with Gasteiger partial charge in [-0.1, -0.05) is 25.1 Å². The molecule has 1 atom stereocenters. The average molecular weight is 244 g/mol. The predicted molar refractivity (Wildman–Crippen MR) is 75.8 cm³/mol. The minimum absolute atomic E-state index is 0.249. The van der Waals surface area contributed by atoms with E-state index < -0.39 is 0 Å². The number of fused-ring (bicyclic) bond motifs is 1. The van der Waals surface area contributed by atoms with Crippen molar-refractivity contribution in [2.24, 2.45) is 5.92 Å². The summed E-state index contributed by atoms with van der Waals surface area (Å²) in [7, 11) is 0. The Morgan fingerprint density at radius 2 is 2.11 bits per heavy atom. The van der Waals surface area contributed by atoms with Crippen LogP contribution in [-0.2, 0) is 0 Å². The Morgan fingerprint density at radius 3 is 2.89 bits per heavy atom. The van der Waals surface area contributed by atoms with Crippen molar-refractivity contribution < 1.29 is 5.11 Å². The van der Waals surface area contributed by atoms with E-state index >= 15 is 0 Å². The Kier molecular flexibility index (Phi) is 4.15. The maximum atomic E-state index is 8.91. The zero-order valence-electron chi connectivity index (χ0n) is 11.0. The maximum Gasteiger partial charge on any atom is 0.0725 e. The van der Waals surface area contributed by atoms with Gasteiger partial charge in [-0.05, 0) is 31.4 Å². The number of aliphatic hydroxyl groups is 1. The summed E-state index contributed by atoms with van der Waals surface area (Å²) in [6.07, 6.45) is 0.828. The average Bonchev–Trinajstić information content (AvgIpc) is 2.36. The molecule has 2 N–H and O–H groups in total. The lowest BCUT2D eigenvalue weighted by Gasteiger charge is -2.14. The first-order chi connectivity index (χ1) is 8.70. The molecule has 0 amide bonds. The number of nitrogens with one attached hydrogen (secondary N) is 1. The van der Waals surface area contributed by atoms with Crippen LogP contribution in [-0.4, -0.2) is 23.2 Å². The van der Waals surface area contributed by atoms with Crippen molar-refractivity contribution in [2.75, 3.05) is 18.5 Å². The first-order valence-corrected chi connectivity index (χ1v) is 6.42. The molecule has 0 aliphatic rings. The van der Waals surface area contributed by atoms with E-state index in [0.29, 0.717) is 5.92 Å². The van der Waals surface area contributed by atoms with Gasteiger partial charge in [-0.2, -0.15) is 0 Å². The van der Waals surface area contributed by atoms with E-state index in [1.165, 1.54) is 0 Å². The lowest BCUT2D eigenvalue weighted by molar-refractivity contribution is 0.266. The molecule has 0 spiro atoms. The summed E-state index contributed by atoms with van der Waals surface area (Å²) in [4.78, 5) is 4.52. The lowest BCUT2D eigenvalue weighted by Crippen LogP contribution is -2.13. The van der Waals surface area contributed by atoms with E-state index in [-0.39, 0.29) is 6.61 Å². The highest BCUT2D eigenvalue weighted by Gasteiger charge is 2.05. The summed E-state index contributed by atoms with van der Waals surface area (Å²) in [5.74, 6) is 0.460. The van der Waals surface area contributed by atoms with Crippen molar-refractivity contribution in [3.8, 4) is 0 Å². The summed E-state index contributed by atoms with van der Waals surface area (Å²) in [5, 5.41) is 13.5. The molecular weight excluding hydrogens is 224 g/mol. The van der Waals surface area contributed by atoms with Gasteiger partial charge in [-0.15, -0.1) is 0 Å². The Balaban J connectivity index is 2.21. The number of aromatic nitrogens is 1. The van der Waals surface area contributed by atoms with Crippen LogP contribution in [0.15, 0.2) is 30.3 Å². The second kappa shape index (κ2) is 5.83. The monoisotopic (exact) mass is 244 g/mol. The van der Waals surface area contributed by atoms with Crippen molar-refractivity contribution in [3.63, 3.8) is 0 Å². The van der Waals surface area contributed by atoms with Gasteiger partial charge in [0.05, 0.1) is 5.52 Å². The number of hydrogen-bond donors (Lipinski definition) is 2. The molecule has 0 fully saturated rings. The molecule has 0 radical (unpaired) electrons. The molecule has 1 aromatic carbocycles. The van der Waals surface area contributed by atoms with Crippen LogP contribution in [0.2, 0.25) is 0 Å². The molecule has 0 bridgehead atoms. The quantitative estimate of drug-likeness (QED) is 0.850. The molecule has 3 heteroatoms. The van der Waals surface area contributed by atoms with Crippen LogP contribution in [0.25, 0.3) is 10.9 Å². The molecule has 0 aliphatic carbocycles. The van der Waals surface area contributed by atoms with E-state index in [1.807, 2.05) is 25.1 Å². The molecule has 1 aromatic heterocycles. The predicted octanol–water partition coefficient (Wildman–Crippen LogP) is 2.97. The summed E-state index contributed by atoms with van der Waals surface area (Å²) in [5.41, 5.74) is 3.17. The molecular formula is C15H20N2O. The van der Waals surface area contributed by atoms with Crippen LogP contribution in [0.3, 0.4) is 0 Å². The molecule has 1 heterocycles. The van der Waals surface area contributed by atoms with Gasteiger partial charge < -0.3 is 10.4 Å². The first kappa shape index (κ1) is 12.8. The fourth-order valence-corrected chi connectivity index (χ4v) is 2.06. The van der Waals surface area contributed by atoms with Crippen LogP contribution >= 0.6 is 0 Å². The molecule has 0 saturated carbocycles. The third-order valence-electron chi connectivity index (χ3n) is 3.11. The Hall–Kier alpha value is -1.61. The van der Waals surface area contributed by atoms with E-state index in [1.54, 1.807) is 0 Å². The highest BCUT2D eigenvalue weighted by Crippen LogP contribution is 2.23. The van der Waals surface area contributed by atoms with Gasteiger partial charge >= 0.3 is 0 Å². The van der Waals surface area contributed by atoms with Gasteiger partial charge in [0.2, 0.25) is 0 Å². The highest BCUT2D eigenvalue weighted by molar-refractivity contribution is 5.91. The van der Waals surface area contributed by atoms with E-state index in [9.17, 15) is 0 Å². The number of benzene rings is 1. The number of nitrogens with zero attached hydrogens (tertiary/aromatic N) is 1. The maximum absolute atomic E-state index is 8.91. The molecule has 2 rings (SSSR count). The van der Waals surface area contributed by atoms with E-state index in [2.05, 4.69) is 29.4 Å². The number of anilines is 1. The van der Waals surface area contributed by atoms with E-state index in [0.717, 1.165) is 35.2 Å². The number of hydrogen-bond acceptors (Lipinski definition) is 3. The number of aryl methyl sites for hydroxylation is 1. The van der Waals surface area contributed by atoms with Crippen LogP contribution in [0, 0.1) is 12.8 Å². The summed E-state index contributed by atoms with van der Waals surface area (Å²) >= 11 is 0. The van der Waals surface area contributed by atoms with Crippen molar-refractivity contribution in [3.05, 3.63) is 36.0 Å². The second-order valence-corrected chi connectivity index (χ2v) is 4.83. The normalized spacial score (nSPS) is 12.6. The minimum Gasteiger partial charge on any atom is -0.396 e. The molecule has 18 heavy (non-hydrogen) atoms. The van der Waals surface area contributed by atoms with Crippen molar-refractivity contribution >= 4 is 16.6 Å². The number of rotatable bonds is 5.